The number of nitro groups is 1. The van der Waals surface area contributed by atoms with Crippen LogP contribution in [0.15, 0.2) is 66.7 Å². The van der Waals surface area contributed by atoms with E-state index in [1.165, 1.54) is 18.2 Å². The zero-order valence-corrected chi connectivity index (χ0v) is 15.6. The fourth-order valence-corrected chi connectivity index (χ4v) is 2.91. The summed E-state index contributed by atoms with van der Waals surface area (Å²) >= 11 is 5.89. The van der Waals surface area contributed by atoms with Gasteiger partial charge in [0.15, 0.2) is 5.78 Å². The number of benzene rings is 3. The first-order valence-corrected chi connectivity index (χ1v) is 8.70. The van der Waals surface area contributed by atoms with Gasteiger partial charge >= 0.3 is 0 Å². The molecule has 0 aromatic heterocycles. The molecular formula is C21H15ClN2O4. The van der Waals surface area contributed by atoms with Gasteiger partial charge in [0.1, 0.15) is 5.56 Å². The molecule has 6 nitrogen and oxygen atoms in total. The Morgan fingerprint density at radius 1 is 0.964 bits per heavy atom. The number of nitrogens with one attached hydrogen (secondary N) is 1. The van der Waals surface area contributed by atoms with Gasteiger partial charge in [-0.2, -0.15) is 0 Å². The highest BCUT2D eigenvalue weighted by Crippen LogP contribution is 2.26. The highest BCUT2D eigenvalue weighted by atomic mass is 35.5. The highest BCUT2D eigenvalue weighted by molar-refractivity contribution is 6.31. The zero-order valence-electron chi connectivity index (χ0n) is 14.8. The van der Waals surface area contributed by atoms with E-state index >= 15 is 0 Å². The van der Waals surface area contributed by atoms with Gasteiger partial charge in [-0.15, -0.1) is 0 Å². The van der Waals surface area contributed by atoms with E-state index in [2.05, 4.69) is 5.32 Å². The fourth-order valence-electron chi connectivity index (χ4n) is 2.74. The Kier molecular flexibility index (Phi) is 5.52. The number of anilines is 1. The average Bonchev–Trinajstić information content (AvgIpc) is 2.69. The van der Waals surface area contributed by atoms with Gasteiger partial charge in [0.05, 0.1) is 10.6 Å². The lowest BCUT2D eigenvalue weighted by Gasteiger charge is -2.12. The number of halogens is 1. The van der Waals surface area contributed by atoms with Crippen molar-refractivity contribution in [2.45, 2.75) is 6.92 Å². The maximum atomic E-state index is 12.9. The predicted octanol–water partition coefficient (Wildman–Crippen LogP) is 5.04. The number of hydrogen-bond acceptors (Lipinski definition) is 4. The minimum absolute atomic E-state index is 0.184. The molecule has 0 unspecified atom stereocenters. The van der Waals surface area contributed by atoms with Crippen molar-refractivity contribution in [1.29, 1.82) is 0 Å². The van der Waals surface area contributed by atoms with Gasteiger partial charge < -0.3 is 5.32 Å². The van der Waals surface area contributed by atoms with Crippen molar-refractivity contribution in [3.8, 4) is 0 Å². The highest BCUT2D eigenvalue weighted by Gasteiger charge is 2.22. The van der Waals surface area contributed by atoms with E-state index in [9.17, 15) is 19.7 Å². The molecule has 0 saturated heterocycles. The van der Waals surface area contributed by atoms with Gasteiger partial charge in [-0.1, -0.05) is 53.6 Å². The van der Waals surface area contributed by atoms with E-state index in [4.69, 9.17) is 11.6 Å². The Morgan fingerprint density at radius 3 is 2.36 bits per heavy atom. The third-order valence-electron chi connectivity index (χ3n) is 4.10. The summed E-state index contributed by atoms with van der Waals surface area (Å²) in [7, 11) is 0. The predicted molar refractivity (Wildman–Crippen MR) is 107 cm³/mol. The normalized spacial score (nSPS) is 10.4. The molecule has 0 fully saturated rings. The van der Waals surface area contributed by atoms with Crippen molar-refractivity contribution in [3.05, 3.63) is 104 Å². The lowest BCUT2D eigenvalue weighted by Crippen LogP contribution is -2.17. The first kappa shape index (κ1) is 19.3. The molecule has 28 heavy (non-hydrogen) atoms. The molecule has 0 heterocycles. The van der Waals surface area contributed by atoms with E-state index in [0.29, 0.717) is 11.1 Å². The first-order chi connectivity index (χ1) is 13.4. The van der Waals surface area contributed by atoms with Crippen molar-refractivity contribution < 1.29 is 14.5 Å². The number of carbonyl (C=O) groups is 2. The van der Waals surface area contributed by atoms with Crippen molar-refractivity contribution in [2.24, 2.45) is 0 Å². The van der Waals surface area contributed by atoms with Crippen LogP contribution in [0.2, 0.25) is 5.02 Å². The molecule has 140 valence electrons. The van der Waals surface area contributed by atoms with Crippen LogP contribution in [0.25, 0.3) is 0 Å². The summed E-state index contributed by atoms with van der Waals surface area (Å²) in [5.74, 6) is -0.986. The molecule has 0 aliphatic rings. The van der Waals surface area contributed by atoms with Crippen LogP contribution in [-0.2, 0) is 0 Å². The Balaban J connectivity index is 2.00. The van der Waals surface area contributed by atoms with Gasteiger partial charge in [0.25, 0.3) is 11.6 Å². The second-order valence-electron chi connectivity index (χ2n) is 6.12. The van der Waals surface area contributed by atoms with Crippen LogP contribution in [0.4, 0.5) is 11.4 Å². The monoisotopic (exact) mass is 394 g/mol. The van der Waals surface area contributed by atoms with Crippen LogP contribution in [0.3, 0.4) is 0 Å². The number of nitro benzene ring substituents is 1. The van der Waals surface area contributed by atoms with Crippen molar-refractivity contribution in [2.75, 3.05) is 5.32 Å². The molecule has 0 atom stereocenters. The molecule has 3 aromatic rings. The molecule has 0 aliphatic carbocycles. The fraction of sp³-hybridized carbons (Fsp3) is 0.0476. The van der Waals surface area contributed by atoms with E-state index in [1.807, 2.05) is 6.92 Å². The third-order valence-corrected chi connectivity index (χ3v) is 4.34. The van der Waals surface area contributed by atoms with Crippen LogP contribution < -0.4 is 5.32 Å². The maximum absolute atomic E-state index is 12.9. The van der Waals surface area contributed by atoms with Crippen molar-refractivity contribution in [3.63, 3.8) is 0 Å². The topological polar surface area (TPSA) is 89.3 Å². The summed E-state index contributed by atoms with van der Waals surface area (Å²) in [6, 6.07) is 17.4. The van der Waals surface area contributed by atoms with Gasteiger partial charge in [0.2, 0.25) is 0 Å². The standard InChI is InChI=1S/C21H15ClN2O4/c1-13-7-9-18(16(11-13)20(25)14-5-3-2-4-6-14)23-21(26)17-12-15(22)8-10-19(17)24(27)28/h2-12H,1H3,(H,23,26). The Morgan fingerprint density at radius 2 is 1.68 bits per heavy atom. The van der Waals surface area contributed by atoms with E-state index in [-0.39, 0.29) is 27.7 Å². The molecule has 0 radical (unpaired) electrons. The van der Waals surface area contributed by atoms with Crippen LogP contribution in [0, 0.1) is 17.0 Å². The molecule has 1 amide bonds. The number of nitrogens with zero attached hydrogens (tertiary/aromatic N) is 1. The van der Waals surface area contributed by atoms with E-state index < -0.39 is 10.8 Å². The number of ketones is 1. The van der Waals surface area contributed by atoms with Crippen LogP contribution in [-0.4, -0.2) is 16.6 Å². The van der Waals surface area contributed by atoms with Gasteiger partial charge in [0, 0.05) is 22.2 Å². The molecule has 7 heteroatoms. The first-order valence-electron chi connectivity index (χ1n) is 8.32. The molecule has 3 aromatic carbocycles. The Bertz CT molecular complexity index is 1080. The molecule has 1 N–H and O–H groups in total. The molecule has 0 saturated carbocycles. The average molecular weight is 395 g/mol. The van der Waals surface area contributed by atoms with Gasteiger partial charge in [-0.05, 0) is 31.2 Å². The van der Waals surface area contributed by atoms with Crippen molar-refractivity contribution in [1.82, 2.24) is 0 Å². The van der Waals surface area contributed by atoms with Gasteiger partial charge in [-0.3, -0.25) is 19.7 Å². The van der Waals surface area contributed by atoms with Crippen LogP contribution in [0.5, 0.6) is 0 Å². The lowest BCUT2D eigenvalue weighted by atomic mass is 9.99. The second-order valence-corrected chi connectivity index (χ2v) is 6.55. The Labute approximate surface area is 165 Å². The van der Waals surface area contributed by atoms with E-state index in [1.54, 1.807) is 48.5 Å². The molecule has 3 rings (SSSR count). The summed E-state index contributed by atoms with van der Waals surface area (Å²) < 4.78 is 0. The summed E-state index contributed by atoms with van der Waals surface area (Å²) in [6.07, 6.45) is 0. The van der Waals surface area contributed by atoms with Crippen LogP contribution in [0.1, 0.15) is 31.8 Å². The minimum atomic E-state index is -0.722. The molecule has 0 aliphatic heterocycles. The molecular weight excluding hydrogens is 380 g/mol. The minimum Gasteiger partial charge on any atom is -0.321 e. The summed E-state index contributed by atoms with van der Waals surface area (Å²) in [5.41, 5.74) is 1.31. The van der Waals surface area contributed by atoms with Gasteiger partial charge in [-0.25, -0.2) is 0 Å². The summed E-state index contributed by atoms with van der Waals surface area (Å²) in [5, 5.41) is 14.0. The summed E-state index contributed by atoms with van der Waals surface area (Å²) in [6.45, 7) is 1.83. The number of aryl methyl sites for hydroxylation is 1. The number of carbonyl (C=O) groups excluding carboxylic acids is 2. The van der Waals surface area contributed by atoms with Crippen molar-refractivity contribution >= 4 is 34.7 Å². The quantitative estimate of drug-likeness (QED) is 0.373. The zero-order chi connectivity index (χ0) is 20.3. The van der Waals surface area contributed by atoms with E-state index in [0.717, 1.165) is 5.56 Å². The second kappa shape index (κ2) is 8.02. The number of hydrogen-bond donors (Lipinski definition) is 1. The number of rotatable bonds is 5. The molecule has 0 bridgehead atoms. The number of amides is 1. The smallest absolute Gasteiger partial charge is 0.282 e. The molecule has 0 spiro atoms. The SMILES string of the molecule is Cc1ccc(NC(=O)c2cc(Cl)ccc2[N+](=O)[O-])c(C(=O)c2ccccc2)c1. The largest absolute Gasteiger partial charge is 0.321 e. The van der Waals surface area contributed by atoms with Crippen LogP contribution >= 0.6 is 11.6 Å². The third kappa shape index (κ3) is 4.07. The Hall–Kier alpha value is -3.51. The summed E-state index contributed by atoms with van der Waals surface area (Å²) in [4.78, 5) is 36.2. The lowest BCUT2D eigenvalue weighted by molar-refractivity contribution is -0.385. The maximum Gasteiger partial charge on any atom is 0.282 e.